The summed E-state index contributed by atoms with van der Waals surface area (Å²) < 4.78 is 1.70. The molecule has 0 aliphatic heterocycles. The first-order valence-electron chi connectivity index (χ1n) is 5.25. The first kappa shape index (κ1) is 12.4. The molecule has 0 amide bonds. The molecule has 0 aliphatic carbocycles. The van der Waals surface area contributed by atoms with E-state index in [1.165, 1.54) is 0 Å². The van der Waals surface area contributed by atoms with Crippen molar-refractivity contribution in [2.24, 2.45) is 7.05 Å². The number of thioether (sulfide) groups is 1. The van der Waals surface area contributed by atoms with Gasteiger partial charge < -0.3 is 5.32 Å². The highest BCUT2D eigenvalue weighted by atomic mass is 32.2. The molecule has 86 valence electrons. The maximum atomic E-state index is 3.94. The molecule has 0 aliphatic rings. The van der Waals surface area contributed by atoms with Crippen LogP contribution in [0.3, 0.4) is 0 Å². The predicted molar refractivity (Wildman–Crippen MR) is 61.9 cm³/mol. The number of tetrazole rings is 1. The van der Waals surface area contributed by atoms with Crippen molar-refractivity contribution in [3.63, 3.8) is 0 Å². The zero-order valence-corrected chi connectivity index (χ0v) is 10.6. The third-order valence-electron chi connectivity index (χ3n) is 2.25. The monoisotopic (exact) mass is 229 g/mol. The fourth-order valence-electron chi connectivity index (χ4n) is 1.05. The summed E-state index contributed by atoms with van der Waals surface area (Å²) in [4.78, 5) is 0. The Morgan fingerprint density at radius 2 is 2.20 bits per heavy atom. The van der Waals surface area contributed by atoms with E-state index in [0.717, 1.165) is 18.1 Å². The fourth-order valence-corrected chi connectivity index (χ4v) is 1.87. The Morgan fingerprint density at radius 3 is 2.73 bits per heavy atom. The molecule has 1 N–H and O–H groups in total. The van der Waals surface area contributed by atoms with E-state index < -0.39 is 0 Å². The van der Waals surface area contributed by atoms with Gasteiger partial charge in [-0.2, -0.15) is 0 Å². The minimum absolute atomic E-state index is 0.476. The van der Waals surface area contributed by atoms with Crippen LogP contribution in [0.25, 0.3) is 0 Å². The molecule has 1 aromatic heterocycles. The van der Waals surface area contributed by atoms with Gasteiger partial charge in [0.05, 0.1) is 0 Å². The largest absolute Gasteiger partial charge is 0.313 e. The summed E-state index contributed by atoms with van der Waals surface area (Å²) in [6, 6.07) is 0.575. The summed E-state index contributed by atoms with van der Waals surface area (Å²) in [7, 11) is 1.86. The number of rotatable bonds is 6. The van der Waals surface area contributed by atoms with Crippen LogP contribution >= 0.6 is 11.8 Å². The number of hydrogen-bond donors (Lipinski definition) is 1. The van der Waals surface area contributed by atoms with Gasteiger partial charge in [0.2, 0.25) is 5.16 Å². The molecule has 2 unspecified atom stereocenters. The van der Waals surface area contributed by atoms with Crippen LogP contribution < -0.4 is 5.32 Å². The highest BCUT2D eigenvalue weighted by molar-refractivity contribution is 7.99. The molecule has 1 aromatic rings. The van der Waals surface area contributed by atoms with Crippen molar-refractivity contribution in [2.45, 2.75) is 43.6 Å². The van der Waals surface area contributed by atoms with Crippen LogP contribution in [0.15, 0.2) is 5.16 Å². The highest BCUT2D eigenvalue weighted by Crippen LogP contribution is 2.18. The lowest BCUT2D eigenvalue weighted by atomic mass is 10.2. The second-order valence-corrected chi connectivity index (χ2v) is 5.14. The SMILES string of the molecule is CCC(C)NCC(C)Sc1nnnn1C. The van der Waals surface area contributed by atoms with Gasteiger partial charge in [0, 0.05) is 24.9 Å². The van der Waals surface area contributed by atoms with Gasteiger partial charge in [-0.25, -0.2) is 4.68 Å². The van der Waals surface area contributed by atoms with Gasteiger partial charge in [0.15, 0.2) is 0 Å². The second kappa shape index (κ2) is 6.07. The maximum absolute atomic E-state index is 3.94. The summed E-state index contributed by atoms with van der Waals surface area (Å²) in [5, 5.41) is 16.2. The van der Waals surface area contributed by atoms with E-state index in [0.29, 0.717) is 11.3 Å². The minimum Gasteiger partial charge on any atom is -0.313 e. The van der Waals surface area contributed by atoms with Crippen molar-refractivity contribution >= 4 is 11.8 Å². The molecule has 0 bridgehead atoms. The molecule has 15 heavy (non-hydrogen) atoms. The topological polar surface area (TPSA) is 55.6 Å². The van der Waals surface area contributed by atoms with Crippen molar-refractivity contribution < 1.29 is 0 Å². The Hall–Kier alpha value is -0.620. The van der Waals surface area contributed by atoms with E-state index in [-0.39, 0.29) is 0 Å². The van der Waals surface area contributed by atoms with Gasteiger partial charge in [-0.15, -0.1) is 5.10 Å². The number of nitrogens with one attached hydrogen (secondary N) is 1. The molecule has 0 aromatic carbocycles. The van der Waals surface area contributed by atoms with Gasteiger partial charge in [-0.3, -0.25) is 0 Å². The fraction of sp³-hybridized carbons (Fsp3) is 0.889. The van der Waals surface area contributed by atoms with Crippen LogP contribution in [-0.4, -0.2) is 38.0 Å². The Kier molecular flexibility index (Phi) is 5.04. The average molecular weight is 229 g/mol. The predicted octanol–water partition coefficient (Wildman–Crippen LogP) is 1.08. The van der Waals surface area contributed by atoms with Crippen molar-refractivity contribution in [2.75, 3.05) is 6.54 Å². The van der Waals surface area contributed by atoms with Crippen molar-refractivity contribution in [1.82, 2.24) is 25.5 Å². The quantitative estimate of drug-likeness (QED) is 0.740. The van der Waals surface area contributed by atoms with E-state index >= 15 is 0 Å². The van der Waals surface area contributed by atoms with Gasteiger partial charge in [-0.05, 0) is 23.8 Å². The standard InChI is InChI=1S/C9H19N5S/c1-5-7(2)10-6-8(3)15-9-11-12-13-14(9)4/h7-8,10H,5-6H2,1-4H3. The van der Waals surface area contributed by atoms with Gasteiger partial charge in [0.25, 0.3) is 0 Å². The lowest BCUT2D eigenvalue weighted by molar-refractivity contribution is 0.536. The van der Waals surface area contributed by atoms with Crippen molar-refractivity contribution in [3.05, 3.63) is 0 Å². The third kappa shape index (κ3) is 4.17. The lowest BCUT2D eigenvalue weighted by Crippen LogP contribution is -2.30. The molecule has 1 heterocycles. The molecule has 5 nitrogen and oxygen atoms in total. The smallest absolute Gasteiger partial charge is 0.209 e. The number of nitrogens with zero attached hydrogens (tertiary/aromatic N) is 4. The van der Waals surface area contributed by atoms with Crippen molar-refractivity contribution in [3.8, 4) is 0 Å². The van der Waals surface area contributed by atoms with Crippen LogP contribution in [0.2, 0.25) is 0 Å². The summed E-state index contributed by atoms with van der Waals surface area (Å²) in [6.07, 6.45) is 1.16. The van der Waals surface area contributed by atoms with Crippen LogP contribution in [0.4, 0.5) is 0 Å². The van der Waals surface area contributed by atoms with E-state index in [1.807, 2.05) is 7.05 Å². The van der Waals surface area contributed by atoms with E-state index in [4.69, 9.17) is 0 Å². The zero-order chi connectivity index (χ0) is 11.3. The van der Waals surface area contributed by atoms with Crippen LogP contribution in [0.5, 0.6) is 0 Å². The first-order chi connectivity index (χ1) is 7.13. The third-order valence-corrected chi connectivity index (χ3v) is 3.38. The van der Waals surface area contributed by atoms with E-state index in [2.05, 4.69) is 41.6 Å². The minimum atomic E-state index is 0.476. The molecule has 6 heteroatoms. The second-order valence-electron chi connectivity index (χ2n) is 3.73. The number of aryl methyl sites for hydroxylation is 1. The molecule has 0 saturated heterocycles. The van der Waals surface area contributed by atoms with Crippen LogP contribution in [0, 0.1) is 0 Å². The van der Waals surface area contributed by atoms with Gasteiger partial charge in [0.1, 0.15) is 0 Å². The Bertz CT molecular complexity index is 288. The first-order valence-corrected chi connectivity index (χ1v) is 6.13. The van der Waals surface area contributed by atoms with Crippen LogP contribution in [0.1, 0.15) is 27.2 Å². The molecule has 0 fully saturated rings. The summed E-state index contributed by atoms with van der Waals surface area (Å²) in [5.41, 5.74) is 0. The van der Waals surface area contributed by atoms with Gasteiger partial charge >= 0.3 is 0 Å². The van der Waals surface area contributed by atoms with Crippen LogP contribution in [-0.2, 0) is 7.05 Å². The van der Waals surface area contributed by atoms with Crippen molar-refractivity contribution in [1.29, 1.82) is 0 Å². The average Bonchev–Trinajstić information content (AvgIpc) is 2.61. The lowest BCUT2D eigenvalue weighted by Gasteiger charge is -2.15. The summed E-state index contributed by atoms with van der Waals surface area (Å²) >= 11 is 1.69. The Labute approximate surface area is 95.0 Å². The Morgan fingerprint density at radius 1 is 1.47 bits per heavy atom. The molecule has 2 atom stereocenters. The molecule has 1 rings (SSSR count). The van der Waals surface area contributed by atoms with E-state index in [9.17, 15) is 0 Å². The number of hydrogen-bond acceptors (Lipinski definition) is 5. The zero-order valence-electron chi connectivity index (χ0n) is 9.77. The maximum Gasteiger partial charge on any atom is 0.209 e. The van der Waals surface area contributed by atoms with Gasteiger partial charge in [-0.1, -0.05) is 25.6 Å². The van der Waals surface area contributed by atoms with E-state index in [1.54, 1.807) is 16.4 Å². The Balaban J connectivity index is 2.30. The molecule has 0 saturated carbocycles. The summed E-state index contributed by atoms with van der Waals surface area (Å²) in [5.74, 6) is 0. The summed E-state index contributed by atoms with van der Waals surface area (Å²) in [6.45, 7) is 7.53. The molecular weight excluding hydrogens is 210 g/mol. The normalized spacial score (nSPS) is 15.2. The highest BCUT2D eigenvalue weighted by Gasteiger charge is 2.10. The molecular formula is C9H19N5S. The molecule has 0 spiro atoms. The molecule has 0 radical (unpaired) electrons. The number of aromatic nitrogens is 4.